The minimum atomic E-state index is 0.140. The zero-order valence-electron chi connectivity index (χ0n) is 11.8. The number of nitrogens with two attached hydrogens (primary N) is 1. The Labute approximate surface area is 110 Å². The first-order valence-corrected chi connectivity index (χ1v) is 7.20. The summed E-state index contributed by atoms with van der Waals surface area (Å²) in [5, 5.41) is 8.44. The SMILES string of the molecule is CCc1nnc(C)cc1C(N)C1CCC(C)CC1. The van der Waals surface area contributed by atoms with Crippen molar-refractivity contribution in [2.75, 3.05) is 0 Å². The van der Waals surface area contributed by atoms with Gasteiger partial charge in [-0.25, -0.2) is 0 Å². The highest BCUT2D eigenvalue weighted by molar-refractivity contribution is 5.25. The van der Waals surface area contributed by atoms with Crippen LogP contribution in [0.3, 0.4) is 0 Å². The van der Waals surface area contributed by atoms with Crippen molar-refractivity contribution < 1.29 is 0 Å². The molecule has 3 heteroatoms. The van der Waals surface area contributed by atoms with E-state index < -0.39 is 0 Å². The Morgan fingerprint density at radius 1 is 1.28 bits per heavy atom. The third-order valence-corrected chi connectivity index (χ3v) is 4.29. The molecule has 3 nitrogen and oxygen atoms in total. The van der Waals surface area contributed by atoms with Crippen LogP contribution >= 0.6 is 0 Å². The summed E-state index contributed by atoms with van der Waals surface area (Å²) in [6.45, 7) is 6.46. The first kappa shape index (κ1) is 13.5. The summed E-state index contributed by atoms with van der Waals surface area (Å²) >= 11 is 0. The summed E-state index contributed by atoms with van der Waals surface area (Å²) in [6.07, 6.45) is 6.06. The van der Waals surface area contributed by atoms with E-state index in [1.54, 1.807) is 0 Å². The van der Waals surface area contributed by atoms with Crippen LogP contribution in [0.15, 0.2) is 6.07 Å². The highest BCUT2D eigenvalue weighted by atomic mass is 15.1. The van der Waals surface area contributed by atoms with Crippen molar-refractivity contribution in [2.45, 2.75) is 58.9 Å². The molecule has 1 aliphatic carbocycles. The molecule has 0 aromatic carbocycles. The molecule has 2 rings (SSSR count). The maximum Gasteiger partial charge on any atom is 0.0676 e. The molecule has 1 aliphatic rings. The molecule has 0 bridgehead atoms. The Morgan fingerprint density at radius 2 is 1.94 bits per heavy atom. The molecule has 1 heterocycles. The lowest BCUT2D eigenvalue weighted by molar-refractivity contribution is 0.255. The number of nitrogens with zero attached hydrogens (tertiary/aromatic N) is 2. The van der Waals surface area contributed by atoms with Crippen molar-refractivity contribution >= 4 is 0 Å². The van der Waals surface area contributed by atoms with Gasteiger partial charge in [-0.3, -0.25) is 0 Å². The van der Waals surface area contributed by atoms with Crippen LogP contribution in [0, 0.1) is 18.8 Å². The van der Waals surface area contributed by atoms with Crippen LogP contribution < -0.4 is 5.73 Å². The molecule has 1 atom stereocenters. The van der Waals surface area contributed by atoms with Crippen molar-refractivity contribution in [3.8, 4) is 0 Å². The van der Waals surface area contributed by atoms with E-state index >= 15 is 0 Å². The molecule has 0 aliphatic heterocycles. The molecule has 0 radical (unpaired) electrons. The minimum absolute atomic E-state index is 0.140. The fourth-order valence-electron chi connectivity index (χ4n) is 3.00. The Bertz CT molecular complexity index is 395. The third-order valence-electron chi connectivity index (χ3n) is 4.29. The molecule has 0 amide bonds. The molecule has 2 N–H and O–H groups in total. The van der Waals surface area contributed by atoms with Gasteiger partial charge in [-0.05, 0) is 49.7 Å². The second-order valence-corrected chi connectivity index (χ2v) is 5.79. The summed E-state index contributed by atoms with van der Waals surface area (Å²) in [5.41, 5.74) is 9.77. The predicted molar refractivity (Wildman–Crippen MR) is 74.2 cm³/mol. The van der Waals surface area contributed by atoms with Crippen molar-refractivity contribution in [3.05, 3.63) is 23.0 Å². The van der Waals surface area contributed by atoms with Crippen molar-refractivity contribution in [1.82, 2.24) is 10.2 Å². The van der Waals surface area contributed by atoms with E-state index in [1.165, 1.54) is 31.2 Å². The monoisotopic (exact) mass is 247 g/mol. The van der Waals surface area contributed by atoms with Crippen LogP contribution in [-0.4, -0.2) is 10.2 Å². The number of hydrogen-bond donors (Lipinski definition) is 1. The van der Waals surface area contributed by atoms with E-state index in [0.717, 1.165) is 23.7 Å². The average Bonchev–Trinajstić information content (AvgIpc) is 2.39. The maximum absolute atomic E-state index is 6.49. The van der Waals surface area contributed by atoms with Gasteiger partial charge in [0.05, 0.1) is 11.4 Å². The van der Waals surface area contributed by atoms with Gasteiger partial charge in [0, 0.05) is 6.04 Å². The lowest BCUT2D eigenvalue weighted by atomic mass is 9.77. The summed E-state index contributed by atoms with van der Waals surface area (Å²) in [5.74, 6) is 1.49. The van der Waals surface area contributed by atoms with Crippen LogP contribution in [0.25, 0.3) is 0 Å². The van der Waals surface area contributed by atoms with E-state index in [9.17, 15) is 0 Å². The second kappa shape index (κ2) is 5.79. The number of aromatic nitrogens is 2. The zero-order chi connectivity index (χ0) is 13.1. The normalized spacial score (nSPS) is 26.0. The zero-order valence-corrected chi connectivity index (χ0v) is 11.8. The molecule has 1 saturated carbocycles. The largest absolute Gasteiger partial charge is 0.324 e. The quantitative estimate of drug-likeness (QED) is 0.892. The highest BCUT2D eigenvalue weighted by Gasteiger charge is 2.26. The number of hydrogen-bond acceptors (Lipinski definition) is 3. The average molecular weight is 247 g/mol. The van der Waals surface area contributed by atoms with Crippen LogP contribution in [0.4, 0.5) is 0 Å². The van der Waals surface area contributed by atoms with E-state index in [2.05, 4.69) is 30.1 Å². The Balaban J connectivity index is 2.17. The van der Waals surface area contributed by atoms with Gasteiger partial charge in [-0.1, -0.05) is 26.7 Å². The topological polar surface area (TPSA) is 51.8 Å². The number of aryl methyl sites for hydroxylation is 2. The van der Waals surface area contributed by atoms with Gasteiger partial charge in [0.2, 0.25) is 0 Å². The second-order valence-electron chi connectivity index (χ2n) is 5.79. The molecule has 0 saturated heterocycles. The van der Waals surface area contributed by atoms with E-state index in [0.29, 0.717) is 5.92 Å². The smallest absolute Gasteiger partial charge is 0.0676 e. The first-order chi connectivity index (χ1) is 8.61. The van der Waals surface area contributed by atoms with Crippen molar-refractivity contribution in [2.24, 2.45) is 17.6 Å². The van der Waals surface area contributed by atoms with E-state index in [1.807, 2.05) is 6.92 Å². The summed E-state index contributed by atoms with van der Waals surface area (Å²) in [6, 6.07) is 2.27. The summed E-state index contributed by atoms with van der Waals surface area (Å²) in [7, 11) is 0. The molecule has 1 aromatic rings. The molecule has 1 unspecified atom stereocenters. The van der Waals surface area contributed by atoms with Crippen molar-refractivity contribution in [3.63, 3.8) is 0 Å². The van der Waals surface area contributed by atoms with Gasteiger partial charge < -0.3 is 5.73 Å². The van der Waals surface area contributed by atoms with Crippen LogP contribution in [-0.2, 0) is 6.42 Å². The molecule has 0 spiro atoms. The minimum Gasteiger partial charge on any atom is -0.324 e. The van der Waals surface area contributed by atoms with Gasteiger partial charge in [0.25, 0.3) is 0 Å². The van der Waals surface area contributed by atoms with Gasteiger partial charge in [0.15, 0.2) is 0 Å². The Kier molecular flexibility index (Phi) is 4.33. The molecule has 100 valence electrons. The summed E-state index contributed by atoms with van der Waals surface area (Å²) in [4.78, 5) is 0. The van der Waals surface area contributed by atoms with Gasteiger partial charge in [0.1, 0.15) is 0 Å². The fraction of sp³-hybridized carbons (Fsp3) is 0.733. The summed E-state index contributed by atoms with van der Waals surface area (Å²) < 4.78 is 0. The lowest BCUT2D eigenvalue weighted by Crippen LogP contribution is -2.27. The fourth-order valence-corrected chi connectivity index (χ4v) is 3.00. The molecule has 1 aromatic heterocycles. The van der Waals surface area contributed by atoms with E-state index in [-0.39, 0.29) is 6.04 Å². The van der Waals surface area contributed by atoms with Crippen LogP contribution in [0.5, 0.6) is 0 Å². The predicted octanol–water partition coefficient (Wildman–Crippen LogP) is 3.17. The van der Waals surface area contributed by atoms with E-state index in [4.69, 9.17) is 5.73 Å². The van der Waals surface area contributed by atoms with Gasteiger partial charge in [-0.2, -0.15) is 10.2 Å². The highest BCUT2D eigenvalue weighted by Crippen LogP contribution is 2.36. The first-order valence-electron chi connectivity index (χ1n) is 7.20. The lowest BCUT2D eigenvalue weighted by Gasteiger charge is -2.31. The third kappa shape index (κ3) is 2.89. The van der Waals surface area contributed by atoms with Crippen LogP contribution in [0.1, 0.15) is 62.5 Å². The van der Waals surface area contributed by atoms with Gasteiger partial charge >= 0.3 is 0 Å². The van der Waals surface area contributed by atoms with Crippen LogP contribution in [0.2, 0.25) is 0 Å². The standard InChI is InChI=1S/C15H25N3/c1-4-14-13(9-11(3)17-18-14)15(16)12-7-5-10(2)6-8-12/h9-10,12,15H,4-8,16H2,1-3H3. The van der Waals surface area contributed by atoms with Gasteiger partial charge in [-0.15, -0.1) is 0 Å². The molecular formula is C15H25N3. The Hall–Kier alpha value is -0.960. The molecular weight excluding hydrogens is 222 g/mol. The molecule has 18 heavy (non-hydrogen) atoms. The Morgan fingerprint density at radius 3 is 2.56 bits per heavy atom. The number of rotatable bonds is 3. The van der Waals surface area contributed by atoms with Crippen molar-refractivity contribution in [1.29, 1.82) is 0 Å². The molecule has 1 fully saturated rings. The maximum atomic E-state index is 6.49.